The van der Waals surface area contributed by atoms with E-state index in [0.717, 1.165) is 4.90 Å². The molecule has 7 heteroatoms. The average molecular weight is 337 g/mol. The summed E-state index contributed by atoms with van der Waals surface area (Å²) in [5.74, 6) is -2.33. The molecule has 0 spiro atoms. The van der Waals surface area contributed by atoms with Crippen LogP contribution in [0.1, 0.15) is 38.0 Å². The number of hydrogen-bond donors (Lipinski definition) is 2. The highest BCUT2D eigenvalue weighted by Crippen LogP contribution is 2.25. The number of nitrogens with two attached hydrogens (primary N) is 1. The number of hydrogen-bond acceptors (Lipinski definition) is 4. The summed E-state index contributed by atoms with van der Waals surface area (Å²) >= 11 is 0. The van der Waals surface area contributed by atoms with Crippen LogP contribution in [0.5, 0.6) is 0 Å². The van der Waals surface area contributed by atoms with Gasteiger partial charge < -0.3 is 11.1 Å². The molecule has 7 nitrogen and oxygen atoms in total. The zero-order valence-electron chi connectivity index (χ0n) is 13.4. The van der Waals surface area contributed by atoms with Gasteiger partial charge in [0.05, 0.1) is 22.4 Å². The molecular weight excluding hydrogens is 322 g/mol. The number of benzene rings is 2. The molecule has 126 valence electrons. The van der Waals surface area contributed by atoms with Gasteiger partial charge >= 0.3 is 0 Å². The summed E-state index contributed by atoms with van der Waals surface area (Å²) in [5, 5.41) is 2.55. The molecule has 3 rings (SSSR count). The first-order valence-corrected chi connectivity index (χ1v) is 7.58. The Morgan fingerprint density at radius 1 is 0.960 bits per heavy atom. The number of carbonyl (C=O) groups excluding carboxylic acids is 4. The zero-order chi connectivity index (χ0) is 18.1. The fraction of sp³-hybridized carbons (Fsp3) is 0.111. The summed E-state index contributed by atoms with van der Waals surface area (Å²) in [4.78, 5) is 49.7. The van der Waals surface area contributed by atoms with Crippen LogP contribution in [0.3, 0.4) is 0 Å². The summed E-state index contributed by atoms with van der Waals surface area (Å²) in [6, 6.07) is 11.6. The van der Waals surface area contributed by atoms with Crippen molar-refractivity contribution in [1.29, 1.82) is 0 Å². The lowest BCUT2D eigenvalue weighted by Gasteiger charge is -2.22. The van der Waals surface area contributed by atoms with Gasteiger partial charge in [0.2, 0.25) is 5.91 Å². The Kier molecular flexibility index (Phi) is 4.06. The molecule has 25 heavy (non-hydrogen) atoms. The molecule has 1 atom stereocenters. The minimum atomic E-state index is -1.05. The quantitative estimate of drug-likeness (QED) is 0.822. The number of imide groups is 1. The van der Waals surface area contributed by atoms with Crippen molar-refractivity contribution in [2.24, 2.45) is 5.73 Å². The van der Waals surface area contributed by atoms with E-state index in [2.05, 4.69) is 5.32 Å². The average Bonchev–Trinajstić information content (AvgIpc) is 2.86. The van der Waals surface area contributed by atoms with Gasteiger partial charge in [-0.15, -0.1) is 0 Å². The Balaban J connectivity index is 1.84. The third-order valence-corrected chi connectivity index (χ3v) is 4.04. The maximum absolute atomic E-state index is 12.5. The van der Waals surface area contributed by atoms with Crippen molar-refractivity contribution < 1.29 is 19.2 Å². The predicted octanol–water partition coefficient (Wildman–Crippen LogP) is 1.41. The Hall–Kier alpha value is -3.48. The number of para-hydroxylation sites is 1. The number of primary amides is 1. The number of rotatable bonds is 4. The van der Waals surface area contributed by atoms with E-state index in [4.69, 9.17) is 5.73 Å². The van der Waals surface area contributed by atoms with Crippen molar-refractivity contribution in [3.63, 3.8) is 0 Å². The lowest BCUT2D eigenvalue weighted by Crippen LogP contribution is -2.45. The number of carbonyl (C=O) groups is 4. The van der Waals surface area contributed by atoms with Crippen LogP contribution in [0.15, 0.2) is 48.5 Å². The highest BCUT2D eigenvalue weighted by atomic mass is 16.2. The molecule has 0 saturated carbocycles. The summed E-state index contributed by atoms with van der Waals surface area (Å²) in [6.07, 6.45) is 0. The Bertz CT molecular complexity index is 872. The van der Waals surface area contributed by atoms with Crippen molar-refractivity contribution in [3.8, 4) is 0 Å². The predicted molar refractivity (Wildman–Crippen MR) is 90.0 cm³/mol. The standard InChI is InChI=1S/C18H15N3O4/c1-10(16(23)20-14-9-5-4-8-13(14)15(19)22)21-17(24)11-6-2-3-7-12(11)18(21)25/h2-10H,1H3,(H2,19,22)(H,20,23). The van der Waals surface area contributed by atoms with E-state index in [1.54, 1.807) is 36.4 Å². The Morgan fingerprint density at radius 3 is 2.04 bits per heavy atom. The van der Waals surface area contributed by atoms with Crippen LogP contribution in [0, 0.1) is 0 Å². The van der Waals surface area contributed by atoms with Gasteiger partial charge in [-0.2, -0.15) is 0 Å². The van der Waals surface area contributed by atoms with Gasteiger partial charge in [0, 0.05) is 0 Å². The molecule has 2 aromatic carbocycles. The highest BCUT2D eigenvalue weighted by molar-refractivity contribution is 6.23. The first kappa shape index (κ1) is 16.4. The van der Waals surface area contributed by atoms with Gasteiger partial charge in [0.1, 0.15) is 6.04 Å². The molecule has 0 radical (unpaired) electrons. The van der Waals surface area contributed by atoms with Gasteiger partial charge in [-0.3, -0.25) is 24.1 Å². The van der Waals surface area contributed by atoms with E-state index in [0.29, 0.717) is 0 Å². The first-order chi connectivity index (χ1) is 11.9. The molecule has 3 N–H and O–H groups in total. The molecule has 1 aliphatic rings. The van der Waals surface area contributed by atoms with Crippen LogP contribution in [0.4, 0.5) is 5.69 Å². The van der Waals surface area contributed by atoms with E-state index in [9.17, 15) is 19.2 Å². The Morgan fingerprint density at radius 2 is 1.48 bits per heavy atom. The third kappa shape index (κ3) is 2.76. The molecule has 0 fully saturated rings. The number of anilines is 1. The summed E-state index contributed by atoms with van der Waals surface area (Å²) in [6.45, 7) is 1.45. The van der Waals surface area contributed by atoms with Gasteiger partial charge in [-0.25, -0.2) is 0 Å². The normalized spacial score (nSPS) is 14.2. The van der Waals surface area contributed by atoms with Crippen LogP contribution >= 0.6 is 0 Å². The van der Waals surface area contributed by atoms with Crippen LogP contribution in [0.2, 0.25) is 0 Å². The van der Waals surface area contributed by atoms with Crippen LogP contribution in [-0.2, 0) is 4.79 Å². The van der Waals surface area contributed by atoms with Crippen LogP contribution in [0.25, 0.3) is 0 Å². The van der Waals surface area contributed by atoms with Crippen molar-refractivity contribution in [3.05, 3.63) is 65.2 Å². The molecule has 1 aliphatic heterocycles. The largest absolute Gasteiger partial charge is 0.366 e. The minimum Gasteiger partial charge on any atom is -0.366 e. The third-order valence-electron chi connectivity index (χ3n) is 4.04. The van der Waals surface area contributed by atoms with Gasteiger partial charge in [0.15, 0.2) is 0 Å². The molecule has 0 aromatic heterocycles. The van der Waals surface area contributed by atoms with E-state index in [1.807, 2.05) is 0 Å². The van der Waals surface area contributed by atoms with E-state index in [-0.39, 0.29) is 22.4 Å². The SMILES string of the molecule is CC(C(=O)Nc1ccccc1C(N)=O)N1C(=O)c2ccccc2C1=O. The number of nitrogens with one attached hydrogen (secondary N) is 1. The second-order valence-electron chi connectivity index (χ2n) is 5.60. The number of amides is 4. The maximum atomic E-state index is 12.5. The first-order valence-electron chi connectivity index (χ1n) is 7.58. The highest BCUT2D eigenvalue weighted by Gasteiger charge is 2.40. The minimum absolute atomic E-state index is 0.144. The summed E-state index contributed by atoms with van der Waals surface area (Å²) < 4.78 is 0. The second kappa shape index (κ2) is 6.20. The lowest BCUT2D eigenvalue weighted by molar-refractivity contribution is -0.119. The number of nitrogens with zero attached hydrogens (tertiary/aromatic N) is 1. The van der Waals surface area contributed by atoms with Crippen molar-refractivity contribution >= 4 is 29.3 Å². The smallest absolute Gasteiger partial charge is 0.262 e. The maximum Gasteiger partial charge on any atom is 0.262 e. The fourth-order valence-electron chi connectivity index (χ4n) is 2.72. The Labute approximate surface area is 143 Å². The van der Waals surface area contributed by atoms with Gasteiger partial charge in [0.25, 0.3) is 17.7 Å². The summed E-state index contributed by atoms with van der Waals surface area (Å²) in [5.41, 5.74) is 6.19. The summed E-state index contributed by atoms with van der Waals surface area (Å²) in [7, 11) is 0. The molecule has 0 aliphatic carbocycles. The topological polar surface area (TPSA) is 110 Å². The van der Waals surface area contributed by atoms with Crippen LogP contribution in [-0.4, -0.2) is 34.6 Å². The van der Waals surface area contributed by atoms with Crippen molar-refractivity contribution in [2.75, 3.05) is 5.32 Å². The van der Waals surface area contributed by atoms with Crippen molar-refractivity contribution in [1.82, 2.24) is 4.90 Å². The fourth-order valence-corrected chi connectivity index (χ4v) is 2.72. The molecule has 2 aromatic rings. The molecule has 1 heterocycles. The monoisotopic (exact) mass is 337 g/mol. The number of fused-ring (bicyclic) bond motifs is 1. The van der Waals surface area contributed by atoms with Crippen LogP contribution < -0.4 is 11.1 Å². The lowest BCUT2D eigenvalue weighted by atomic mass is 10.1. The van der Waals surface area contributed by atoms with Gasteiger partial charge in [-0.1, -0.05) is 24.3 Å². The second-order valence-corrected chi connectivity index (χ2v) is 5.60. The van der Waals surface area contributed by atoms with E-state index in [1.165, 1.54) is 19.1 Å². The molecule has 1 unspecified atom stereocenters. The van der Waals surface area contributed by atoms with Crippen molar-refractivity contribution in [2.45, 2.75) is 13.0 Å². The molecule has 4 amide bonds. The van der Waals surface area contributed by atoms with Gasteiger partial charge in [-0.05, 0) is 31.2 Å². The zero-order valence-corrected chi connectivity index (χ0v) is 13.4. The van der Waals surface area contributed by atoms with E-state index < -0.39 is 29.7 Å². The molecule has 0 saturated heterocycles. The van der Waals surface area contributed by atoms with E-state index >= 15 is 0 Å². The molecule has 0 bridgehead atoms. The molecular formula is C18H15N3O4.